The van der Waals surface area contributed by atoms with E-state index in [2.05, 4.69) is 213 Å². The number of para-hydroxylation sites is 1. The van der Waals surface area contributed by atoms with E-state index in [1.54, 1.807) is 0 Å². The van der Waals surface area contributed by atoms with E-state index in [9.17, 15) is 0 Å². The van der Waals surface area contributed by atoms with Crippen molar-refractivity contribution in [2.45, 2.75) is 0 Å². The van der Waals surface area contributed by atoms with Gasteiger partial charge in [-0.25, -0.2) is 0 Å². The third kappa shape index (κ3) is 5.14. The van der Waals surface area contributed by atoms with E-state index in [4.69, 9.17) is 0 Å². The minimum atomic E-state index is 1.08. The Bertz CT molecular complexity index is 2910. The Balaban J connectivity index is 1.24. The Labute approximate surface area is 314 Å². The first kappa shape index (κ1) is 30.8. The third-order valence-corrected chi connectivity index (χ3v) is 11.9. The van der Waals surface area contributed by atoms with Crippen LogP contribution in [0.2, 0.25) is 0 Å². The molecule has 52 heavy (non-hydrogen) atoms. The van der Waals surface area contributed by atoms with Crippen molar-refractivity contribution >= 4 is 86.3 Å². The number of fused-ring (bicyclic) bond motifs is 7. The fourth-order valence-electron chi connectivity index (χ4n) is 7.70. The number of hydrogen-bond donors (Lipinski definition) is 0. The van der Waals surface area contributed by atoms with Gasteiger partial charge in [0.15, 0.2) is 0 Å². The molecule has 0 saturated carbocycles. The van der Waals surface area contributed by atoms with Crippen molar-refractivity contribution in [3.05, 3.63) is 193 Å². The summed E-state index contributed by atoms with van der Waals surface area (Å²) >= 11 is 5.68. The quantitative estimate of drug-likeness (QED) is 0.164. The van der Waals surface area contributed by atoms with Gasteiger partial charge in [0.25, 0.3) is 0 Å². The predicted molar refractivity (Wildman–Crippen MR) is 227 cm³/mol. The lowest BCUT2D eigenvalue weighted by Gasteiger charge is -2.26. The monoisotopic (exact) mass is 746 g/mol. The number of thiophene rings is 1. The maximum absolute atomic E-state index is 3.80. The van der Waals surface area contributed by atoms with E-state index in [1.165, 1.54) is 53.1 Å². The fourth-order valence-corrected chi connectivity index (χ4v) is 9.32. The lowest BCUT2D eigenvalue weighted by Crippen LogP contribution is -2.10. The van der Waals surface area contributed by atoms with Gasteiger partial charge in [0.05, 0.1) is 11.0 Å². The zero-order chi connectivity index (χ0) is 34.6. The highest BCUT2D eigenvalue weighted by Gasteiger charge is 2.21. The van der Waals surface area contributed by atoms with Gasteiger partial charge in [-0.2, -0.15) is 0 Å². The van der Waals surface area contributed by atoms with Crippen molar-refractivity contribution in [1.29, 1.82) is 0 Å². The van der Waals surface area contributed by atoms with Crippen LogP contribution in [0, 0.1) is 0 Å². The number of halogens is 1. The molecular formula is C48H31BrN2S. The molecular weight excluding hydrogens is 717 g/mol. The van der Waals surface area contributed by atoms with E-state index in [-0.39, 0.29) is 0 Å². The third-order valence-electron chi connectivity index (χ3n) is 10.0. The Morgan fingerprint density at radius 1 is 0.423 bits per heavy atom. The highest BCUT2D eigenvalue weighted by molar-refractivity contribution is 9.10. The molecule has 0 N–H and O–H groups in total. The average Bonchev–Trinajstić information content (AvgIpc) is 3.75. The maximum atomic E-state index is 3.80. The molecule has 0 saturated heterocycles. The van der Waals surface area contributed by atoms with Crippen LogP contribution in [-0.4, -0.2) is 4.57 Å². The Hall–Kier alpha value is -5.94. The Morgan fingerprint density at radius 2 is 1.08 bits per heavy atom. The van der Waals surface area contributed by atoms with Gasteiger partial charge in [0.1, 0.15) is 0 Å². The highest BCUT2D eigenvalue weighted by Crippen LogP contribution is 2.46. The zero-order valence-electron chi connectivity index (χ0n) is 28.1. The first-order valence-corrected chi connectivity index (χ1v) is 19.1. The van der Waals surface area contributed by atoms with Gasteiger partial charge in [-0.3, -0.25) is 0 Å². The summed E-state index contributed by atoms with van der Waals surface area (Å²) in [7, 11) is 0. The molecule has 10 aromatic rings. The molecule has 0 spiro atoms. The summed E-state index contributed by atoms with van der Waals surface area (Å²) in [4.78, 5) is 2.39. The molecule has 0 unspecified atom stereocenters. The normalized spacial score (nSPS) is 11.6. The van der Waals surface area contributed by atoms with Crippen molar-refractivity contribution < 1.29 is 0 Å². The average molecular weight is 748 g/mol. The van der Waals surface area contributed by atoms with Crippen molar-refractivity contribution in [3.63, 3.8) is 0 Å². The van der Waals surface area contributed by atoms with Crippen LogP contribution in [0.3, 0.4) is 0 Å². The Morgan fingerprint density at radius 3 is 1.90 bits per heavy atom. The summed E-state index contributed by atoms with van der Waals surface area (Å²) in [6.45, 7) is 0. The molecule has 0 bridgehead atoms. The van der Waals surface area contributed by atoms with Crippen LogP contribution in [-0.2, 0) is 0 Å². The second-order valence-electron chi connectivity index (χ2n) is 13.1. The fraction of sp³-hybridized carbons (Fsp3) is 0. The molecule has 0 aliphatic rings. The molecule has 2 nitrogen and oxygen atoms in total. The summed E-state index contributed by atoms with van der Waals surface area (Å²) in [5, 5.41) is 5.15. The van der Waals surface area contributed by atoms with Gasteiger partial charge in [-0.05, 0) is 101 Å². The molecule has 2 aromatic heterocycles. The number of hydrogen-bond acceptors (Lipinski definition) is 2. The highest BCUT2D eigenvalue weighted by atomic mass is 79.9. The lowest BCUT2D eigenvalue weighted by atomic mass is 10.0. The maximum Gasteiger partial charge on any atom is 0.0548 e. The van der Waals surface area contributed by atoms with Crippen LogP contribution in [0.4, 0.5) is 17.1 Å². The number of aromatic nitrogens is 1. The van der Waals surface area contributed by atoms with Gasteiger partial charge < -0.3 is 9.47 Å². The Kier molecular flexibility index (Phi) is 7.52. The second-order valence-corrected chi connectivity index (χ2v) is 15.0. The van der Waals surface area contributed by atoms with Crippen molar-refractivity contribution in [1.82, 2.24) is 4.57 Å². The predicted octanol–water partition coefficient (Wildman–Crippen LogP) is 14.7. The zero-order valence-corrected chi connectivity index (χ0v) is 30.5. The summed E-state index contributed by atoms with van der Waals surface area (Å²) in [6.07, 6.45) is 0. The first-order valence-electron chi connectivity index (χ1n) is 17.5. The summed E-state index contributed by atoms with van der Waals surface area (Å²) in [6, 6.07) is 68.0. The molecule has 0 atom stereocenters. The van der Waals surface area contributed by atoms with E-state index < -0.39 is 0 Å². The van der Waals surface area contributed by atoms with E-state index in [1.807, 2.05) is 11.3 Å². The van der Waals surface area contributed by atoms with Gasteiger partial charge in [0.2, 0.25) is 0 Å². The molecule has 0 aliphatic carbocycles. The molecule has 0 amide bonds. The van der Waals surface area contributed by atoms with Crippen LogP contribution in [0.15, 0.2) is 193 Å². The van der Waals surface area contributed by atoms with Crippen LogP contribution in [0.1, 0.15) is 0 Å². The van der Waals surface area contributed by atoms with Gasteiger partial charge in [0, 0.05) is 58.2 Å². The molecule has 0 radical (unpaired) electrons. The summed E-state index contributed by atoms with van der Waals surface area (Å²) in [5.41, 5.74) is 11.6. The molecule has 2 heterocycles. The van der Waals surface area contributed by atoms with Gasteiger partial charge in [-0.1, -0.05) is 125 Å². The van der Waals surface area contributed by atoms with Crippen molar-refractivity contribution in [3.8, 4) is 27.9 Å². The van der Waals surface area contributed by atoms with E-state index in [0.29, 0.717) is 0 Å². The summed E-state index contributed by atoms with van der Waals surface area (Å²) in [5.74, 6) is 0. The van der Waals surface area contributed by atoms with Gasteiger partial charge >= 0.3 is 0 Å². The first-order chi connectivity index (χ1) is 25.7. The van der Waals surface area contributed by atoms with E-state index in [0.717, 1.165) is 38.3 Å². The topological polar surface area (TPSA) is 8.17 Å². The minimum Gasteiger partial charge on any atom is -0.310 e. The number of nitrogens with zero attached hydrogens (tertiary/aromatic N) is 2. The minimum absolute atomic E-state index is 1.08. The van der Waals surface area contributed by atoms with Crippen molar-refractivity contribution in [2.24, 2.45) is 0 Å². The molecule has 0 fully saturated rings. The second kappa shape index (κ2) is 12.7. The van der Waals surface area contributed by atoms with Crippen LogP contribution < -0.4 is 4.90 Å². The van der Waals surface area contributed by atoms with E-state index >= 15 is 0 Å². The number of rotatable bonds is 6. The van der Waals surface area contributed by atoms with Crippen LogP contribution in [0.25, 0.3) is 69.9 Å². The van der Waals surface area contributed by atoms with Gasteiger partial charge in [-0.15, -0.1) is 11.3 Å². The lowest BCUT2D eigenvalue weighted by molar-refractivity contribution is 1.18. The van der Waals surface area contributed by atoms with Crippen LogP contribution >= 0.6 is 27.3 Å². The van der Waals surface area contributed by atoms with Crippen molar-refractivity contribution in [2.75, 3.05) is 4.90 Å². The standard InChI is InChI=1S/C48H31BrN2S/c49-42-20-9-7-18-39(42)34-14-11-17-37(30-34)50(36-24-22-33(23-25-36)32-12-3-1-4-13-32)38-26-27-43-41(31-38)47-44(51(43)35-15-5-2-6-16-35)28-29-46-48(47)40-19-8-10-21-45(40)52-46/h1-31H. The SMILES string of the molecule is Brc1ccccc1-c1cccc(N(c2ccc(-c3ccccc3)cc2)c2ccc3c(c2)c2c4c(ccc2n3-c2ccccc2)sc2ccccc24)c1. The largest absolute Gasteiger partial charge is 0.310 e. The number of anilines is 3. The molecule has 246 valence electrons. The molecule has 0 aliphatic heterocycles. The number of benzene rings is 8. The smallest absolute Gasteiger partial charge is 0.0548 e. The summed E-state index contributed by atoms with van der Waals surface area (Å²) < 4.78 is 6.12. The molecule has 8 aromatic carbocycles. The van der Waals surface area contributed by atoms with Crippen LogP contribution in [0.5, 0.6) is 0 Å². The molecule has 10 rings (SSSR count). The molecule has 4 heteroatoms.